The molecule has 5 amide bonds. The number of nitrogens with zero attached hydrogens (tertiary/aromatic N) is 8. The Morgan fingerprint density at radius 2 is 1.60 bits per heavy atom. The SMILES string of the molecule is CC1(C)CCN(Cc2cc(F)c(N3CC(=O)NC4(CCN(c5cc(NCC6=CN(CCCCCCCCNc7cccc8c7C(=O)N(C7CCC(=O)NC7=O)C8=O)N[N-]6)ncn5)CC4)C3)cc2F)CC1. The molecule has 9 rings (SSSR count). The van der Waals surface area contributed by atoms with E-state index in [1.807, 2.05) is 17.3 Å². The van der Waals surface area contributed by atoms with Gasteiger partial charge >= 0.3 is 0 Å². The Kier molecular flexibility index (Phi) is 14.5. The number of hydrazine groups is 1. The number of piperidine rings is 3. The van der Waals surface area contributed by atoms with Crippen molar-refractivity contribution in [2.45, 2.75) is 109 Å². The number of fused-ring (bicyclic) bond motifs is 1. The maximum Gasteiger partial charge on any atom is 0.264 e. The molecule has 3 aromatic rings. The van der Waals surface area contributed by atoms with Crippen LogP contribution in [0.1, 0.15) is 117 Å². The Morgan fingerprint density at radius 1 is 0.829 bits per heavy atom. The Balaban J connectivity index is 0.665. The lowest BCUT2D eigenvalue weighted by molar-refractivity contribution is -0.136. The minimum atomic E-state index is -0.994. The number of unbranched alkanes of at least 4 members (excludes halogenated alkanes) is 5. The molecule has 0 bridgehead atoms. The number of carbonyl (C=O) groups is 5. The van der Waals surface area contributed by atoms with Crippen molar-refractivity contribution in [2.24, 2.45) is 5.41 Å². The van der Waals surface area contributed by atoms with Crippen LogP contribution in [0.15, 0.2) is 54.6 Å². The largest absolute Gasteiger partial charge is 0.605 e. The van der Waals surface area contributed by atoms with Crippen LogP contribution < -0.4 is 36.6 Å². The van der Waals surface area contributed by atoms with Crippen molar-refractivity contribution in [1.29, 1.82) is 0 Å². The zero-order valence-electron chi connectivity index (χ0n) is 40.1. The standard InChI is InChI=1S/C50H65F2N13O5/c1-49(2)14-20-61(21-15-49)28-33-24-37(52)40(25-36(33)51)63-30-44(67)58-50(31-63)16-22-62(23-17-50)42-26-41(55-32-56-42)54-27-34-29-64(60-59-34)19-8-6-4-3-5-7-18-53-38-11-9-10-35-45(38)48(70)65(47(35)69)39-12-13-43(66)57-46(39)68/h9-11,24-26,29,32,39H,3-8,12-23,27-28,30-31H2,1-2H3,(H6,53,54,55,56,57,58,59,60,66,67,68,69,70)/p-1. The Labute approximate surface area is 407 Å². The molecule has 2 aromatic carbocycles. The molecule has 1 atom stereocenters. The molecular formula is C50H64F2N13O5-. The summed E-state index contributed by atoms with van der Waals surface area (Å²) >= 11 is 0. The van der Waals surface area contributed by atoms with Crippen LogP contribution in [0.3, 0.4) is 0 Å². The van der Waals surface area contributed by atoms with E-state index in [9.17, 15) is 24.0 Å². The smallest absolute Gasteiger partial charge is 0.264 e. The van der Waals surface area contributed by atoms with Gasteiger partial charge in [-0.3, -0.25) is 39.1 Å². The van der Waals surface area contributed by atoms with E-state index in [1.165, 1.54) is 18.5 Å². The van der Waals surface area contributed by atoms with Gasteiger partial charge < -0.3 is 41.7 Å². The summed E-state index contributed by atoms with van der Waals surface area (Å²) in [5.74, 6) is -1.80. The molecule has 5 N–H and O–H groups in total. The maximum absolute atomic E-state index is 15.7. The number of rotatable bonds is 18. The summed E-state index contributed by atoms with van der Waals surface area (Å²) in [4.78, 5) is 79.6. The minimum Gasteiger partial charge on any atom is -0.605 e. The molecule has 0 saturated carbocycles. The molecule has 0 aliphatic carbocycles. The number of hydrogen-bond donors (Lipinski definition) is 5. The number of imide groups is 2. The zero-order chi connectivity index (χ0) is 49.0. The van der Waals surface area contributed by atoms with Crippen LogP contribution in [0, 0.1) is 17.0 Å². The summed E-state index contributed by atoms with van der Waals surface area (Å²) in [7, 11) is 0. The van der Waals surface area contributed by atoms with Crippen LogP contribution in [-0.4, -0.2) is 125 Å². The van der Waals surface area contributed by atoms with Crippen molar-refractivity contribution in [1.82, 2.24) is 40.9 Å². The zero-order valence-corrected chi connectivity index (χ0v) is 40.1. The molecule has 7 heterocycles. The number of aromatic nitrogens is 2. The number of piperazine rings is 1. The van der Waals surface area contributed by atoms with E-state index in [0.717, 1.165) is 87.4 Å². The highest BCUT2D eigenvalue weighted by atomic mass is 19.1. The van der Waals surface area contributed by atoms with Gasteiger partial charge in [0, 0.05) is 75.6 Å². The molecule has 70 heavy (non-hydrogen) atoms. The molecule has 1 unspecified atom stereocenters. The van der Waals surface area contributed by atoms with E-state index in [-0.39, 0.29) is 47.5 Å². The second-order valence-corrected chi connectivity index (χ2v) is 20.4. The number of halogens is 2. The molecule has 6 aliphatic heterocycles. The molecule has 1 spiro atoms. The van der Waals surface area contributed by atoms with Gasteiger partial charge in [0.25, 0.3) is 11.8 Å². The molecule has 374 valence electrons. The minimum absolute atomic E-state index is 0.0318. The second-order valence-electron chi connectivity index (χ2n) is 20.4. The average Bonchev–Trinajstić information content (AvgIpc) is 3.90. The van der Waals surface area contributed by atoms with E-state index in [2.05, 4.69) is 65.8 Å². The van der Waals surface area contributed by atoms with Gasteiger partial charge in [-0.1, -0.05) is 45.6 Å². The second kappa shape index (κ2) is 20.9. The summed E-state index contributed by atoms with van der Waals surface area (Å²) in [6, 6.07) is 8.58. The van der Waals surface area contributed by atoms with Gasteiger partial charge in [0.1, 0.15) is 35.6 Å². The number of nitrogens with one attached hydrogen (secondary N) is 5. The molecule has 4 saturated heterocycles. The van der Waals surface area contributed by atoms with Gasteiger partial charge in [-0.05, 0) is 87.8 Å². The van der Waals surface area contributed by atoms with Crippen molar-refractivity contribution in [3.8, 4) is 0 Å². The normalized spacial score (nSPS) is 21.2. The fraction of sp³-hybridized carbons (Fsp3) is 0.540. The maximum atomic E-state index is 15.7. The summed E-state index contributed by atoms with van der Waals surface area (Å²) < 4.78 is 31.2. The quantitative estimate of drug-likeness (QED) is 0.0783. The molecule has 1 aromatic heterocycles. The van der Waals surface area contributed by atoms with Crippen molar-refractivity contribution >= 4 is 52.5 Å². The van der Waals surface area contributed by atoms with Gasteiger partial charge in [-0.15, -0.1) is 5.70 Å². The average molecular weight is 965 g/mol. The van der Waals surface area contributed by atoms with Gasteiger partial charge in [-0.25, -0.2) is 18.7 Å². The van der Waals surface area contributed by atoms with Gasteiger partial charge in [-0.2, -0.15) is 0 Å². The summed E-state index contributed by atoms with van der Waals surface area (Å²) in [6.07, 6.45) is 13.1. The van der Waals surface area contributed by atoms with E-state index in [0.29, 0.717) is 69.2 Å². The molecule has 0 radical (unpaired) electrons. The van der Waals surface area contributed by atoms with E-state index >= 15 is 8.78 Å². The van der Waals surface area contributed by atoms with Crippen LogP contribution in [-0.2, 0) is 20.9 Å². The topological polar surface area (TPSA) is 202 Å². The fourth-order valence-corrected chi connectivity index (χ4v) is 10.4. The fourth-order valence-electron chi connectivity index (χ4n) is 10.4. The predicted molar refractivity (Wildman–Crippen MR) is 260 cm³/mol. The summed E-state index contributed by atoms with van der Waals surface area (Å²) in [6.45, 7) is 10.0. The van der Waals surface area contributed by atoms with Crippen LogP contribution in [0.25, 0.3) is 5.43 Å². The summed E-state index contributed by atoms with van der Waals surface area (Å²) in [5.41, 5.74) is 9.65. The Morgan fingerprint density at radius 3 is 2.39 bits per heavy atom. The van der Waals surface area contributed by atoms with Crippen molar-refractivity contribution < 1.29 is 32.8 Å². The lowest BCUT2D eigenvalue weighted by Crippen LogP contribution is -2.66. The highest BCUT2D eigenvalue weighted by Gasteiger charge is 2.46. The third-order valence-electron chi connectivity index (χ3n) is 14.7. The lowest BCUT2D eigenvalue weighted by Gasteiger charge is -2.48. The first-order chi connectivity index (χ1) is 33.7. The van der Waals surface area contributed by atoms with E-state index < -0.39 is 46.8 Å². The van der Waals surface area contributed by atoms with Crippen LogP contribution in [0.2, 0.25) is 0 Å². The number of likely N-dealkylation sites (tertiary alicyclic amines) is 1. The first-order valence-corrected chi connectivity index (χ1v) is 24.8. The van der Waals surface area contributed by atoms with Crippen LogP contribution in [0.5, 0.6) is 0 Å². The first kappa shape index (κ1) is 48.6. The molecular weight excluding hydrogens is 901 g/mol. The van der Waals surface area contributed by atoms with Gasteiger partial charge in [0.15, 0.2) is 0 Å². The number of benzene rings is 2. The van der Waals surface area contributed by atoms with Crippen LogP contribution >= 0.6 is 0 Å². The molecule has 18 nitrogen and oxygen atoms in total. The Hall–Kier alpha value is -6.41. The van der Waals surface area contributed by atoms with E-state index in [1.54, 1.807) is 23.1 Å². The van der Waals surface area contributed by atoms with Crippen molar-refractivity contribution in [2.75, 3.05) is 79.3 Å². The highest BCUT2D eigenvalue weighted by Crippen LogP contribution is 2.36. The number of carbonyl (C=O) groups excluding carboxylic acids is 5. The van der Waals surface area contributed by atoms with Crippen molar-refractivity contribution in [3.63, 3.8) is 0 Å². The number of hydrogen-bond acceptors (Lipinski definition) is 14. The van der Waals surface area contributed by atoms with Crippen LogP contribution in [0.4, 0.5) is 31.8 Å². The molecule has 4 fully saturated rings. The summed E-state index contributed by atoms with van der Waals surface area (Å²) in [5, 5.41) is 14.1. The molecule has 6 aliphatic rings. The number of amides is 5. The monoisotopic (exact) mass is 965 g/mol. The Bertz CT molecular complexity index is 2510. The third kappa shape index (κ3) is 11.1. The molecule has 20 heteroatoms. The number of anilines is 4. The first-order valence-electron chi connectivity index (χ1n) is 24.8. The third-order valence-corrected chi connectivity index (χ3v) is 14.7. The predicted octanol–water partition coefficient (Wildman–Crippen LogP) is 5.57. The van der Waals surface area contributed by atoms with E-state index in [4.69, 9.17) is 0 Å². The van der Waals surface area contributed by atoms with Crippen molar-refractivity contribution in [3.05, 3.63) is 88.4 Å². The van der Waals surface area contributed by atoms with Gasteiger partial charge in [0.05, 0.1) is 28.9 Å². The van der Waals surface area contributed by atoms with Gasteiger partial charge in [0.2, 0.25) is 17.7 Å². The lowest BCUT2D eigenvalue weighted by atomic mass is 9.82. The highest BCUT2D eigenvalue weighted by molar-refractivity contribution is 6.25.